The first-order valence-corrected chi connectivity index (χ1v) is 7.48. The fraction of sp³-hybridized carbons (Fsp3) is 0.438. The van der Waals surface area contributed by atoms with E-state index >= 15 is 0 Å². The molecule has 124 valence electrons. The number of amides is 1. The van der Waals surface area contributed by atoms with E-state index in [0.717, 1.165) is 0 Å². The first-order chi connectivity index (χ1) is 10.7. The predicted octanol–water partition coefficient (Wildman–Crippen LogP) is 2.00. The molecule has 0 fully saturated rings. The molecule has 0 atom stereocenters. The Kier molecular flexibility index (Phi) is 4.79. The Labute approximate surface area is 134 Å². The molecule has 7 heteroatoms. The van der Waals surface area contributed by atoms with Gasteiger partial charge in [0, 0.05) is 18.0 Å². The van der Waals surface area contributed by atoms with Gasteiger partial charge in [0.05, 0.1) is 0 Å². The first kappa shape index (κ1) is 17.1. The molecule has 1 heterocycles. The van der Waals surface area contributed by atoms with Crippen molar-refractivity contribution in [2.24, 2.45) is 5.73 Å². The van der Waals surface area contributed by atoms with E-state index in [9.17, 15) is 9.18 Å². The summed E-state index contributed by atoms with van der Waals surface area (Å²) in [6.07, 6.45) is 0. The Hall–Kier alpha value is -2.28. The zero-order valence-electron chi connectivity index (χ0n) is 13.8. The molecule has 1 aromatic carbocycles. The van der Waals surface area contributed by atoms with Crippen LogP contribution in [0.25, 0.3) is 5.69 Å². The van der Waals surface area contributed by atoms with E-state index in [1.165, 1.54) is 10.7 Å². The second-order valence-corrected chi connectivity index (χ2v) is 6.48. The van der Waals surface area contributed by atoms with Gasteiger partial charge in [0.15, 0.2) is 0 Å². The third kappa shape index (κ3) is 4.13. The highest BCUT2D eigenvalue weighted by molar-refractivity contribution is 5.90. The molecule has 3 N–H and O–H groups in total. The minimum Gasteiger partial charge on any atom is -0.347 e. The smallest absolute Gasteiger partial charge is 0.291 e. The molecule has 0 aliphatic carbocycles. The van der Waals surface area contributed by atoms with E-state index in [0.29, 0.717) is 5.82 Å². The molecular weight excluding hydrogens is 297 g/mol. The molecule has 0 saturated heterocycles. The van der Waals surface area contributed by atoms with Crippen LogP contribution >= 0.6 is 0 Å². The van der Waals surface area contributed by atoms with Crippen molar-refractivity contribution in [3.8, 4) is 5.69 Å². The lowest BCUT2D eigenvalue weighted by molar-refractivity contribution is 0.0935. The molecule has 0 unspecified atom stereocenters. The molecule has 0 aliphatic rings. The third-order valence-corrected chi connectivity index (χ3v) is 3.14. The lowest BCUT2D eigenvalue weighted by atomic mass is 10.1. The summed E-state index contributed by atoms with van der Waals surface area (Å²) in [6.45, 7) is 7.71. The van der Waals surface area contributed by atoms with Crippen molar-refractivity contribution in [3.05, 3.63) is 41.7 Å². The maximum Gasteiger partial charge on any atom is 0.291 e. The van der Waals surface area contributed by atoms with Crippen molar-refractivity contribution in [3.63, 3.8) is 0 Å². The van der Waals surface area contributed by atoms with Crippen molar-refractivity contribution < 1.29 is 9.18 Å². The standard InChI is InChI=1S/C16H22FN5O/c1-10(2)14-20-13(15(23)19-9-16(3,4)18)21-22(14)12-8-6-5-7-11(12)17/h5-8,10H,9,18H2,1-4H3,(H,19,23). The number of carbonyl (C=O) groups is 1. The van der Waals surface area contributed by atoms with Crippen LogP contribution in [0.2, 0.25) is 0 Å². The van der Waals surface area contributed by atoms with Crippen LogP contribution in [-0.2, 0) is 0 Å². The quantitative estimate of drug-likeness (QED) is 0.882. The van der Waals surface area contributed by atoms with Gasteiger partial charge in [0.1, 0.15) is 17.3 Å². The highest BCUT2D eigenvalue weighted by Gasteiger charge is 2.22. The van der Waals surface area contributed by atoms with Crippen LogP contribution in [0.4, 0.5) is 4.39 Å². The van der Waals surface area contributed by atoms with Gasteiger partial charge in [-0.05, 0) is 26.0 Å². The second kappa shape index (κ2) is 6.45. The number of halogens is 1. The summed E-state index contributed by atoms with van der Waals surface area (Å²) >= 11 is 0. The van der Waals surface area contributed by atoms with E-state index in [1.807, 2.05) is 13.8 Å². The summed E-state index contributed by atoms with van der Waals surface area (Å²) in [5.74, 6) is -0.349. The zero-order chi connectivity index (χ0) is 17.2. The number of para-hydroxylation sites is 1. The summed E-state index contributed by atoms with van der Waals surface area (Å²) in [7, 11) is 0. The molecule has 0 bridgehead atoms. The van der Waals surface area contributed by atoms with Crippen molar-refractivity contribution in [2.45, 2.75) is 39.2 Å². The van der Waals surface area contributed by atoms with Crippen LogP contribution in [0, 0.1) is 5.82 Å². The summed E-state index contributed by atoms with van der Waals surface area (Å²) in [4.78, 5) is 16.5. The highest BCUT2D eigenvalue weighted by Crippen LogP contribution is 2.19. The average Bonchev–Trinajstić information content (AvgIpc) is 2.89. The monoisotopic (exact) mass is 319 g/mol. The van der Waals surface area contributed by atoms with Gasteiger partial charge in [-0.25, -0.2) is 14.1 Å². The number of nitrogens with two attached hydrogens (primary N) is 1. The minimum absolute atomic E-state index is 0.00111. The fourth-order valence-electron chi connectivity index (χ4n) is 1.98. The number of aromatic nitrogens is 3. The van der Waals surface area contributed by atoms with Crippen LogP contribution in [0.3, 0.4) is 0 Å². The average molecular weight is 319 g/mol. The Bertz CT molecular complexity index is 703. The highest BCUT2D eigenvalue weighted by atomic mass is 19.1. The maximum absolute atomic E-state index is 14.0. The van der Waals surface area contributed by atoms with Gasteiger partial charge in [0.25, 0.3) is 5.91 Å². The summed E-state index contributed by atoms with van der Waals surface area (Å²) in [6, 6.07) is 6.25. The number of benzene rings is 1. The lowest BCUT2D eigenvalue weighted by Crippen LogP contribution is -2.45. The molecule has 0 spiro atoms. The number of hydrogen-bond donors (Lipinski definition) is 2. The number of nitrogens with zero attached hydrogens (tertiary/aromatic N) is 3. The minimum atomic E-state index is -0.537. The molecule has 0 radical (unpaired) electrons. The maximum atomic E-state index is 14.0. The van der Waals surface area contributed by atoms with Gasteiger partial charge in [-0.2, -0.15) is 0 Å². The number of hydrogen-bond acceptors (Lipinski definition) is 4. The molecule has 6 nitrogen and oxygen atoms in total. The van der Waals surface area contributed by atoms with E-state index < -0.39 is 17.3 Å². The van der Waals surface area contributed by atoms with Gasteiger partial charge in [-0.3, -0.25) is 4.79 Å². The Morgan fingerprint density at radius 1 is 1.39 bits per heavy atom. The van der Waals surface area contributed by atoms with E-state index in [4.69, 9.17) is 5.73 Å². The molecule has 1 aromatic heterocycles. The van der Waals surface area contributed by atoms with Crippen molar-refractivity contribution >= 4 is 5.91 Å². The van der Waals surface area contributed by atoms with Gasteiger partial charge in [0.2, 0.25) is 5.82 Å². The van der Waals surface area contributed by atoms with Crippen LogP contribution in [0.15, 0.2) is 24.3 Å². The number of rotatable bonds is 5. The van der Waals surface area contributed by atoms with Crippen LogP contribution in [-0.4, -0.2) is 32.8 Å². The Morgan fingerprint density at radius 3 is 2.61 bits per heavy atom. The van der Waals surface area contributed by atoms with Crippen molar-refractivity contribution in [1.29, 1.82) is 0 Å². The van der Waals surface area contributed by atoms with E-state index in [-0.39, 0.29) is 24.0 Å². The normalized spacial score (nSPS) is 11.8. The third-order valence-electron chi connectivity index (χ3n) is 3.14. The Balaban J connectivity index is 2.36. The van der Waals surface area contributed by atoms with E-state index in [2.05, 4.69) is 15.4 Å². The van der Waals surface area contributed by atoms with Gasteiger partial charge in [-0.1, -0.05) is 26.0 Å². The number of nitrogens with one attached hydrogen (secondary N) is 1. The molecule has 0 aliphatic heterocycles. The molecule has 2 aromatic rings. The lowest BCUT2D eigenvalue weighted by Gasteiger charge is -2.18. The number of carbonyl (C=O) groups excluding carboxylic acids is 1. The molecule has 1 amide bonds. The SMILES string of the molecule is CC(C)c1nc(C(=O)NCC(C)(C)N)nn1-c1ccccc1F. The van der Waals surface area contributed by atoms with Crippen molar-refractivity contribution in [1.82, 2.24) is 20.1 Å². The molecular formula is C16H22FN5O. The Morgan fingerprint density at radius 2 is 2.04 bits per heavy atom. The predicted molar refractivity (Wildman–Crippen MR) is 86.0 cm³/mol. The molecule has 2 rings (SSSR count). The summed E-state index contributed by atoms with van der Waals surface area (Å²) < 4.78 is 15.4. The van der Waals surface area contributed by atoms with E-state index in [1.54, 1.807) is 32.0 Å². The molecule has 23 heavy (non-hydrogen) atoms. The molecule has 0 saturated carbocycles. The van der Waals surface area contributed by atoms with Gasteiger partial charge >= 0.3 is 0 Å². The first-order valence-electron chi connectivity index (χ1n) is 7.48. The van der Waals surface area contributed by atoms with Gasteiger partial charge < -0.3 is 11.1 Å². The van der Waals surface area contributed by atoms with Gasteiger partial charge in [-0.15, -0.1) is 5.10 Å². The van der Waals surface area contributed by atoms with Crippen LogP contribution in [0.1, 0.15) is 50.1 Å². The fourth-order valence-corrected chi connectivity index (χ4v) is 1.98. The van der Waals surface area contributed by atoms with Crippen LogP contribution in [0.5, 0.6) is 0 Å². The topological polar surface area (TPSA) is 85.8 Å². The van der Waals surface area contributed by atoms with Crippen molar-refractivity contribution in [2.75, 3.05) is 6.54 Å². The van der Waals surface area contributed by atoms with Crippen LogP contribution < -0.4 is 11.1 Å². The summed E-state index contributed by atoms with van der Waals surface area (Å²) in [5, 5.41) is 6.86. The zero-order valence-corrected chi connectivity index (χ0v) is 13.8. The largest absolute Gasteiger partial charge is 0.347 e. The second-order valence-electron chi connectivity index (χ2n) is 6.48. The summed E-state index contributed by atoms with van der Waals surface area (Å²) in [5.41, 5.74) is 5.57.